The number of ketones is 1. The Balaban J connectivity index is 1.86. The molecule has 0 radical (unpaired) electrons. The number of rotatable bonds is 5. The average molecular weight is 521 g/mol. The van der Waals surface area contributed by atoms with Gasteiger partial charge >= 0.3 is 5.97 Å². The number of esters is 1. The Kier molecular flexibility index (Phi) is 6.88. The standard InChI is InChI=1S/C30H48O7/c1-25(2,35)21-14-22(32)29(6)20(27(21,4)11-10-24(34)37-7)9-8-18-19-15-26(3,17-31)12-13-30(19,36)23(33)16-28(18,29)5/h8,19-22,31-32,35-36H,9-17H2,1-7H3/t19-,20+,21?,22-,26+,27+,28+,29-,30+/m0/s1. The zero-order valence-electron chi connectivity index (χ0n) is 23.8. The minimum Gasteiger partial charge on any atom is -0.469 e. The molecule has 0 saturated heterocycles. The predicted octanol–water partition coefficient (Wildman–Crippen LogP) is 3.56. The van der Waals surface area contributed by atoms with Crippen molar-refractivity contribution in [1.82, 2.24) is 0 Å². The number of hydrogen-bond acceptors (Lipinski definition) is 7. The van der Waals surface area contributed by atoms with E-state index in [1.165, 1.54) is 7.11 Å². The second-order valence-electron chi connectivity index (χ2n) is 14.4. The van der Waals surface area contributed by atoms with E-state index in [-0.39, 0.29) is 48.5 Å². The molecule has 0 bridgehead atoms. The quantitative estimate of drug-likeness (QED) is 0.323. The summed E-state index contributed by atoms with van der Waals surface area (Å²) < 4.78 is 4.95. The van der Waals surface area contributed by atoms with Crippen LogP contribution < -0.4 is 0 Å². The van der Waals surface area contributed by atoms with E-state index < -0.39 is 39.5 Å². The summed E-state index contributed by atoms with van der Waals surface area (Å²) in [6, 6.07) is 0. The van der Waals surface area contributed by atoms with Crippen LogP contribution in [0.4, 0.5) is 0 Å². The Hall–Kier alpha value is -1.28. The van der Waals surface area contributed by atoms with Crippen molar-refractivity contribution >= 4 is 11.8 Å². The van der Waals surface area contributed by atoms with Gasteiger partial charge in [-0.3, -0.25) is 9.59 Å². The summed E-state index contributed by atoms with van der Waals surface area (Å²) in [6.45, 7) is 11.8. The fourth-order valence-corrected chi connectivity index (χ4v) is 9.43. The summed E-state index contributed by atoms with van der Waals surface area (Å²) in [7, 11) is 1.38. The predicted molar refractivity (Wildman–Crippen MR) is 139 cm³/mol. The van der Waals surface area contributed by atoms with Crippen molar-refractivity contribution in [2.24, 2.45) is 39.4 Å². The number of fused-ring (bicyclic) bond motifs is 5. The second kappa shape index (κ2) is 8.87. The highest BCUT2D eigenvalue weighted by Gasteiger charge is 2.71. The van der Waals surface area contributed by atoms with Crippen molar-refractivity contribution in [2.45, 2.75) is 110 Å². The first-order valence-corrected chi connectivity index (χ1v) is 14.0. The van der Waals surface area contributed by atoms with E-state index in [1.54, 1.807) is 13.8 Å². The first-order chi connectivity index (χ1) is 16.9. The summed E-state index contributed by atoms with van der Waals surface area (Å²) in [5.74, 6) is -1.24. The van der Waals surface area contributed by atoms with Crippen LogP contribution in [0.1, 0.15) is 92.9 Å². The van der Waals surface area contributed by atoms with Crippen molar-refractivity contribution in [3.05, 3.63) is 11.6 Å². The molecular weight excluding hydrogens is 472 g/mol. The van der Waals surface area contributed by atoms with Crippen LogP contribution in [0.25, 0.3) is 0 Å². The molecule has 3 fully saturated rings. The Morgan fingerprint density at radius 2 is 1.84 bits per heavy atom. The molecule has 0 aromatic rings. The van der Waals surface area contributed by atoms with Gasteiger partial charge in [0.25, 0.3) is 0 Å². The minimum atomic E-state index is -1.44. The van der Waals surface area contributed by atoms with Gasteiger partial charge in [0.05, 0.1) is 18.8 Å². The Labute approximate surface area is 221 Å². The molecular formula is C30H48O7. The van der Waals surface area contributed by atoms with Crippen molar-refractivity contribution in [3.8, 4) is 0 Å². The molecule has 7 heteroatoms. The molecule has 1 unspecified atom stereocenters. The third kappa shape index (κ3) is 3.97. The third-order valence-electron chi connectivity index (χ3n) is 12.0. The van der Waals surface area contributed by atoms with Crippen molar-refractivity contribution in [3.63, 3.8) is 0 Å². The summed E-state index contributed by atoms with van der Waals surface area (Å²) in [6.07, 6.45) is 4.70. The van der Waals surface area contributed by atoms with Crippen LogP contribution in [-0.2, 0) is 14.3 Å². The molecule has 4 rings (SSSR count). The van der Waals surface area contributed by atoms with Crippen LogP contribution in [0, 0.1) is 39.4 Å². The number of carbonyl (C=O) groups excluding carboxylic acids is 2. The maximum absolute atomic E-state index is 13.7. The summed E-state index contributed by atoms with van der Waals surface area (Å²) >= 11 is 0. The SMILES string of the molecule is COC(=O)CC[C@@]1(C)C(C(C)(C)O)C[C@H](O)[C@]2(C)[C@@H]1CC=C1[C@@H]3C[C@](C)(CO)CC[C@]3(O)C(=O)C[C@]12C. The van der Waals surface area contributed by atoms with Crippen LogP contribution in [0.5, 0.6) is 0 Å². The highest BCUT2D eigenvalue weighted by Crippen LogP contribution is 2.72. The molecule has 9 atom stereocenters. The van der Waals surface area contributed by atoms with Gasteiger partial charge in [-0.05, 0) is 75.0 Å². The number of aliphatic hydroxyl groups is 4. The second-order valence-corrected chi connectivity index (χ2v) is 14.4. The number of hydrogen-bond donors (Lipinski definition) is 4. The molecule has 4 N–H and O–H groups in total. The fourth-order valence-electron chi connectivity index (χ4n) is 9.43. The van der Waals surface area contributed by atoms with Gasteiger partial charge in [-0.25, -0.2) is 0 Å². The minimum absolute atomic E-state index is 0.000849. The number of methoxy groups -OCH3 is 1. The zero-order chi connectivity index (χ0) is 27.8. The van der Waals surface area contributed by atoms with Crippen LogP contribution in [0.3, 0.4) is 0 Å². The molecule has 0 aromatic heterocycles. The molecule has 7 nitrogen and oxygen atoms in total. The van der Waals surface area contributed by atoms with E-state index in [9.17, 15) is 30.0 Å². The van der Waals surface area contributed by atoms with Crippen molar-refractivity contribution < 1.29 is 34.8 Å². The molecule has 37 heavy (non-hydrogen) atoms. The smallest absolute Gasteiger partial charge is 0.305 e. The van der Waals surface area contributed by atoms with Gasteiger partial charge in [-0.15, -0.1) is 0 Å². The monoisotopic (exact) mass is 520 g/mol. The molecule has 0 heterocycles. The number of Topliss-reactive ketones (excluding diaryl/α,β-unsaturated/α-hetero) is 1. The molecule has 0 aliphatic heterocycles. The lowest BCUT2D eigenvalue weighted by Gasteiger charge is -2.70. The molecule has 210 valence electrons. The molecule has 0 amide bonds. The molecule has 3 saturated carbocycles. The maximum Gasteiger partial charge on any atom is 0.305 e. The van der Waals surface area contributed by atoms with Gasteiger partial charge in [-0.2, -0.15) is 0 Å². The van der Waals surface area contributed by atoms with Gasteiger partial charge in [0.15, 0.2) is 5.78 Å². The number of aliphatic hydroxyl groups excluding tert-OH is 2. The number of allylic oxidation sites excluding steroid dienone is 1. The largest absolute Gasteiger partial charge is 0.469 e. The van der Waals surface area contributed by atoms with Gasteiger partial charge in [0.1, 0.15) is 5.60 Å². The van der Waals surface area contributed by atoms with E-state index in [0.717, 1.165) is 5.57 Å². The zero-order valence-corrected chi connectivity index (χ0v) is 23.8. The number of carbonyl (C=O) groups is 2. The van der Waals surface area contributed by atoms with Gasteiger partial charge < -0.3 is 25.2 Å². The first kappa shape index (κ1) is 28.7. The molecule has 4 aliphatic carbocycles. The lowest BCUT2D eigenvalue weighted by atomic mass is 9.35. The van der Waals surface area contributed by atoms with Crippen LogP contribution in [0.15, 0.2) is 11.6 Å². The average Bonchev–Trinajstić information content (AvgIpc) is 2.82. The molecule has 0 aromatic carbocycles. The van der Waals surface area contributed by atoms with E-state index in [0.29, 0.717) is 38.5 Å². The van der Waals surface area contributed by atoms with E-state index in [1.807, 2.05) is 6.92 Å². The van der Waals surface area contributed by atoms with E-state index >= 15 is 0 Å². The van der Waals surface area contributed by atoms with Gasteiger partial charge in [-0.1, -0.05) is 39.3 Å². The van der Waals surface area contributed by atoms with Crippen LogP contribution in [-0.4, -0.2) is 63.2 Å². The van der Waals surface area contributed by atoms with Crippen LogP contribution in [0.2, 0.25) is 0 Å². The third-order valence-corrected chi connectivity index (χ3v) is 12.0. The normalized spacial score (nSPS) is 47.9. The van der Waals surface area contributed by atoms with Crippen LogP contribution >= 0.6 is 0 Å². The Bertz CT molecular complexity index is 983. The van der Waals surface area contributed by atoms with Crippen molar-refractivity contribution in [1.29, 1.82) is 0 Å². The summed E-state index contributed by atoms with van der Waals surface area (Å²) in [4.78, 5) is 26.0. The Morgan fingerprint density at radius 1 is 1.19 bits per heavy atom. The first-order valence-electron chi connectivity index (χ1n) is 14.0. The highest BCUT2D eigenvalue weighted by molar-refractivity contribution is 5.91. The molecule has 0 spiro atoms. The Morgan fingerprint density at radius 3 is 2.41 bits per heavy atom. The summed E-state index contributed by atoms with van der Waals surface area (Å²) in [5, 5.41) is 45.0. The fraction of sp³-hybridized carbons (Fsp3) is 0.867. The van der Waals surface area contributed by atoms with Gasteiger partial charge in [0.2, 0.25) is 0 Å². The van der Waals surface area contributed by atoms with Gasteiger partial charge in [0, 0.05) is 36.2 Å². The molecule has 4 aliphatic rings. The lowest BCUT2D eigenvalue weighted by Crippen LogP contribution is -2.70. The lowest BCUT2D eigenvalue weighted by molar-refractivity contribution is -0.232. The van der Waals surface area contributed by atoms with E-state index in [4.69, 9.17) is 4.74 Å². The highest BCUT2D eigenvalue weighted by atomic mass is 16.5. The maximum atomic E-state index is 13.7. The van der Waals surface area contributed by atoms with E-state index in [2.05, 4.69) is 26.8 Å². The summed E-state index contributed by atoms with van der Waals surface area (Å²) in [5.41, 5.74) is -3.78. The van der Waals surface area contributed by atoms with Crippen molar-refractivity contribution in [2.75, 3.05) is 13.7 Å². The topological polar surface area (TPSA) is 124 Å². The number of ether oxygens (including phenoxy) is 1.